The van der Waals surface area contributed by atoms with E-state index in [0.29, 0.717) is 24.7 Å². The summed E-state index contributed by atoms with van der Waals surface area (Å²) in [6.07, 6.45) is 5.86. The molecule has 3 heterocycles. The normalized spacial score (nSPS) is 18.0. The van der Waals surface area contributed by atoms with Crippen molar-refractivity contribution in [3.63, 3.8) is 0 Å². The van der Waals surface area contributed by atoms with Gasteiger partial charge in [0.1, 0.15) is 23.8 Å². The van der Waals surface area contributed by atoms with E-state index in [1.54, 1.807) is 48.4 Å². The Labute approximate surface area is 219 Å². The number of halogens is 1. The van der Waals surface area contributed by atoms with Gasteiger partial charge >= 0.3 is 5.97 Å². The van der Waals surface area contributed by atoms with Gasteiger partial charge in [-0.3, -0.25) is 14.5 Å². The van der Waals surface area contributed by atoms with E-state index in [1.807, 2.05) is 35.9 Å². The number of hydrogen-bond acceptors (Lipinski definition) is 7. The molecule has 1 atom stereocenters. The van der Waals surface area contributed by atoms with Gasteiger partial charge in [-0.15, -0.1) is 0 Å². The summed E-state index contributed by atoms with van der Waals surface area (Å²) in [5.41, 5.74) is 3.45. The number of nitrogens with zero attached hydrogens (tertiary/aromatic N) is 5. The van der Waals surface area contributed by atoms with Crippen LogP contribution in [0.3, 0.4) is 0 Å². The highest BCUT2D eigenvalue weighted by atomic mass is 19.1. The number of guanidine groups is 1. The fraction of sp³-hybridized carbons (Fsp3) is 0.286. The van der Waals surface area contributed by atoms with Gasteiger partial charge in [0.05, 0.1) is 37.5 Å². The predicted molar refractivity (Wildman–Crippen MR) is 139 cm³/mol. The number of imidazole rings is 1. The van der Waals surface area contributed by atoms with Gasteiger partial charge in [-0.1, -0.05) is 18.2 Å². The number of carbonyl (C=O) groups is 2. The van der Waals surface area contributed by atoms with Gasteiger partial charge in [-0.2, -0.15) is 0 Å². The van der Waals surface area contributed by atoms with E-state index in [2.05, 4.69) is 9.98 Å². The summed E-state index contributed by atoms with van der Waals surface area (Å²) in [6, 6.07) is 11.4. The number of amides is 1. The summed E-state index contributed by atoms with van der Waals surface area (Å²) in [5.74, 6) is -0.0430. The molecule has 10 heteroatoms. The van der Waals surface area contributed by atoms with E-state index < -0.39 is 5.97 Å². The van der Waals surface area contributed by atoms with Crippen molar-refractivity contribution in [3.05, 3.63) is 83.3 Å². The lowest BCUT2D eigenvalue weighted by Gasteiger charge is -2.39. The van der Waals surface area contributed by atoms with Crippen LogP contribution in [0.15, 0.2) is 65.7 Å². The Morgan fingerprint density at radius 2 is 2.00 bits per heavy atom. The molecule has 3 aromatic rings. The Morgan fingerprint density at radius 3 is 2.68 bits per heavy atom. The molecule has 1 fully saturated rings. The van der Waals surface area contributed by atoms with Crippen molar-refractivity contribution in [2.45, 2.75) is 26.3 Å². The number of fused-ring (bicyclic) bond motifs is 1. The van der Waals surface area contributed by atoms with Gasteiger partial charge in [0, 0.05) is 12.7 Å². The molecule has 9 nitrogen and oxygen atoms in total. The van der Waals surface area contributed by atoms with Gasteiger partial charge in [-0.05, 0) is 61.7 Å². The average Bonchev–Trinajstić information content (AvgIpc) is 3.48. The van der Waals surface area contributed by atoms with Crippen LogP contribution in [0.5, 0.6) is 5.75 Å². The number of carbonyl (C=O) groups excluding carboxylic acids is 2. The number of benzene rings is 2. The molecule has 2 aliphatic rings. The molecule has 0 bridgehead atoms. The Hall–Kier alpha value is -4.47. The number of aryl methyl sites for hydroxylation is 1. The second kappa shape index (κ2) is 10.5. The Kier molecular flexibility index (Phi) is 6.95. The van der Waals surface area contributed by atoms with Crippen LogP contribution in [0.2, 0.25) is 0 Å². The van der Waals surface area contributed by atoms with Crippen LogP contribution in [0.4, 0.5) is 4.39 Å². The molecule has 1 saturated heterocycles. The third-order valence-corrected chi connectivity index (χ3v) is 6.52. The molecule has 2 aromatic carbocycles. The van der Waals surface area contributed by atoms with Gasteiger partial charge in [0.15, 0.2) is 0 Å². The largest absolute Gasteiger partial charge is 0.495 e. The number of rotatable bonds is 7. The number of aliphatic imine (C=N–C) groups is 1. The van der Waals surface area contributed by atoms with Crippen LogP contribution >= 0.6 is 0 Å². The van der Waals surface area contributed by atoms with Crippen LogP contribution in [0.25, 0.3) is 11.8 Å². The van der Waals surface area contributed by atoms with Crippen LogP contribution in [-0.2, 0) is 14.3 Å². The second-order valence-corrected chi connectivity index (χ2v) is 9.05. The lowest BCUT2D eigenvalue weighted by atomic mass is 9.99. The molecule has 2 aliphatic heterocycles. The average molecular weight is 518 g/mol. The summed E-state index contributed by atoms with van der Waals surface area (Å²) in [7, 11) is 1.58. The fourth-order valence-electron chi connectivity index (χ4n) is 4.75. The summed E-state index contributed by atoms with van der Waals surface area (Å²) in [4.78, 5) is 38.2. The molecule has 0 aliphatic carbocycles. The quantitative estimate of drug-likeness (QED) is 0.349. The number of ether oxygens (including phenoxy) is 2. The van der Waals surface area contributed by atoms with E-state index in [9.17, 15) is 14.0 Å². The van der Waals surface area contributed by atoms with Crippen molar-refractivity contribution in [1.82, 2.24) is 19.4 Å². The summed E-state index contributed by atoms with van der Waals surface area (Å²) in [5, 5.41) is 0. The first kappa shape index (κ1) is 25.2. The maximum absolute atomic E-state index is 13.7. The molecule has 1 aromatic heterocycles. The van der Waals surface area contributed by atoms with Crippen LogP contribution in [0.1, 0.15) is 36.2 Å². The minimum atomic E-state index is -0.393. The third-order valence-electron chi connectivity index (χ3n) is 6.52. The van der Waals surface area contributed by atoms with Gasteiger partial charge in [-0.25, -0.2) is 14.4 Å². The zero-order valence-corrected chi connectivity index (χ0v) is 21.4. The van der Waals surface area contributed by atoms with Crippen LogP contribution in [0, 0.1) is 12.7 Å². The van der Waals surface area contributed by atoms with Crippen molar-refractivity contribution in [2.24, 2.45) is 4.99 Å². The molecular formula is C28H28FN5O4. The van der Waals surface area contributed by atoms with Crippen molar-refractivity contribution in [2.75, 3.05) is 26.8 Å². The zero-order valence-electron chi connectivity index (χ0n) is 21.4. The molecule has 38 heavy (non-hydrogen) atoms. The molecule has 196 valence electrons. The number of methoxy groups -OCH3 is 1. The maximum atomic E-state index is 13.7. The molecule has 0 saturated carbocycles. The Balaban J connectivity index is 1.50. The van der Waals surface area contributed by atoms with Crippen molar-refractivity contribution >= 4 is 23.9 Å². The number of esters is 1. The molecule has 1 amide bonds. The lowest BCUT2D eigenvalue weighted by molar-refractivity contribution is -0.144. The van der Waals surface area contributed by atoms with Crippen LogP contribution < -0.4 is 4.74 Å². The molecule has 0 N–H and O–H groups in total. The van der Waals surface area contributed by atoms with Crippen molar-refractivity contribution in [1.29, 1.82) is 0 Å². The number of hydrogen-bond donors (Lipinski definition) is 0. The predicted octanol–water partition coefficient (Wildman–Crippen LogP) is 3.88. The van der Waals surface area contributed by atoms with E-state index in [-0.39, 0.29) is 36.6 Å². The molecule has 0 unspecified atom stereocenters. The summed E-state index contributed by atoms with van der Waals surface area (Å²) in [6.45, 7) is 4.39. The molecule has 0 spiro atoms. The summed E-state index contributed by atoms with van der Waals surface area (Å²) < 4.78 is 26.2. The van der Waals surface area contributed by atoms with E-state index >= 15 is 0 Å². The smallest absolute Gasteiger partial charge is 0.325 e. The third kappa shape index (κ3) is 4.89. The van der Waals surface area contributed by atoms with E-state index in [0.717, 1.165) is 22.5 Å². The van der Waals surface area contributed by atoms with Crippen molar-refractivity contribution in [3.8, 4) is 11.4 Å². The van der Waals surface area contributed by atoms with Gasteiger partial charge < -0.3 is 18.9 Å². The summed E-state index contributed by atoms with van der Waals surface area (Å²) >= 11 is 0. The highest BCUT2D eigenvalue weighted by Gasteiger charge is 2.43. The van der Waals surface area contributed by atoms with Crippen molar-refractivity contribution < 1.29 is 23.5 Å². The molecule has 0 radical (unpaired) electrons. The van der Waals surface area contributed by atoms with Crippen LogP contribution in [-0.4, -0.2) is 64.0 Å². The Morgan fingerprint density at radius 1 is 1.21 bits per heavy atom. The van der Waals surface area contributed by atoms with Gasteiger partial charge in [0.25, 0.3) is 5.91 Å². The zero-order chi connectivity index (χ0) is 26.8. The first-order valence-corrected chi connectivity index (χ1v) is 12.4. The van der Waals surface area contributed by atoms with Gasteiger partial charge in [0.2, 0.25) is 5.96 Å². The Bertz CT molecular complexity index is 1430. The maximum Gasteiger partial charge on any atom is 0.325 e. The lowest BCUT2D eigenvalue weighted by Crippen LogP contribution is -2.52. The monoisotopic (exact) mass is 517 g/mol. The topological polar surface area (TPSA) is 89.3 Å². The minimum Gasteiger partial charge on any atom is -0.495 e. The first-order chi connectivity index (χ1) is 18.4. The van der Waals surface area contributed by atoms with E-state index in [4.69, 9.17) is 9.47 Å². The molecule has 5 rings (SSSR count). The van der Waals surface area contributed by atoms with E-state index in [1.165, 1.54) is 12.1 Å². The fourth-order valence-corrected chi connectivity index (χ4v) is 4.75. The first-order valence-electron chi connectivity index (χ1n) is 12.4. The highest BCUT2D eigenvalue weighted by molar-refractivity contribution is 6.14. The standard InChI is InChI=1S/C28H28FN5O4/c1-4-38-26(35)16-32-12-11-23(20-6-8-21(29)9-7-20)34-27(36)22(31-28(32)34)13-19-5-10-24(25(14-19)37-3)33-15-18(2)30-17-33/h5-10,13-15,17,23H,4,11-12,16H2,1-3H3/b22-13-/t23-/m1/s1. The highest BCUT2D eigenvalue weighted by Crippen LogP contribution is 2.36. The number of aromatic nitrogens is 2. The second-order valence-electron chi connectivity index (χ2n) is 9.05. The molecular weight excluding hydrogens is 489 g/mol. The SMILES string of the molecule is CCOC(=O)CN1CC[C@H](c2ccc(F)cc2)N2C(=O)/C(=C/c3ccc(-n4cnc(C)c4)c(OC)c3)N=C12. The minimum absolute atomic E-state index is 0.0211.